The van der Waals surface area contributed by atoms with Gasteiger partial charge in [0.1, 0.15) is 5.75 Å². The second kappa shape index (κ2) is 9.81. The monoisotopic (exact) mass is 446 g/mol. The predicted molar refractivity (Wildman–Crippen MR) is 96.4 cm³/mol. The van der Waals surface area contributed by atoms with Gasteiger partial charge in [-0.3, -0.25) is 4.99 Å². The second-order valence-corrected chi connectivity index (χ2v) is 5.04. The van der Waals surface area contributed by atoms with Gasteiger partial charge in [0.05, 0.1) is 6.54 Å². The Morgan fingerprint density at radius 3 is 2.35 bits per heavy atom. The van der Waals surface area contributed by atoms with Gasteiger partial charge in [-0.1, -0.05) is 0 Å². The zero-order valence-corrected chi connectivity index (χ0v) is 15.6. The van der Waals surface area contributed by atoms with Crippen LogP contribution >= 0.6 is 24.0 Å². The second-order valence-electron chi connectivity index (χ2n) is 5.04. The molecule has 0 amide bonds. The molecule has 9 heteroatoms. The van der Waals surface area contributed by atoms with Crippen LogP contribution in [-0.2, 0) is 0 Å². The number of ether oxygens (including phenoxy) is 1. The fourth-order valence-corrected chi connectivity index (χ4v) is 1.51. The number of alkyl halides is 3. The van der Waals surface area contributed by atoms with Crippen molar-refractivity contribution in [3.63, 3.8) is 0 Å². The van der Waals surface area contributed by atoms with Gasteiger partial charge in [-0.2, -0.15) is 0 Å². The summed E-state index contributed by atoms with van der Waals surface area (Å²) >= 11 is 0. The average Bonchev–Trinajstić information content (AvgIpc) is 2.39. The van der Waals surface area contributed by atoms with Gasteiger partial charge in [0, 0.05) is 18.3 Å². The maximum Gasteiger partial charge on any atom is 0.573 e. The van der Waals surface area contributed by atoms with Crippen LogP contribution in [0.2, 0.25) is 0 Å². The molecule has 5 nitrogen and oxygen atoms in total. The van der Waals surface area contributed by atoms with Crippen LogP contribution in [0.3, 0.4) is 0 Å². The molecule has 0 radical (unpaired) electrons. The van der Waals surface area contributed by atoms with Gasteiger partial charge < -0.3 is 20.7 Å². The van der Waals surface area contributed by atoms with E-state index in [-0.39, 0.29) is 35.7 Å². The molecule has 3 N–H and O–H groups in total. The van der Waals surface area contributed by atoms with E-state index >= 15 is 0 Å². The normalized spacial score (nSPS) is 12.3. The Morgan fingerprint density at radius 2 is 1.87 bits per heavy atom. The first-order valence-electron chi connectivity index (χ1n) is 6.80. The van der Waals surface area contributed by atoms with Crippen LogP contribution in [0.15, 0.2) is 29.3 Å². The van der Waals surface area contributed by atoms with E-state index in [2.05, 4.69) is 33.8 Å². The number of halogens is 4. The molecule has 1 aromatic carbocycles. The topological polar surface area (TPSA) is 62.9 Å². The Morgan fingerprint density at radius 1 is 1.30 bits per heavy atom. The van der Waals surface area contributed by atoms with Gasteiger partial charge >= 0.3 is 6.36 Å². The molecule has 1 aromatic rings. The first-order chi connectivity index (χ1) is 10.2. The molecule has 23 heavy (non-hydrogen) atoms. The van der Waals surface area contributed by atoms with Gasteiger partial charge in [0.15, 0.2) is 5.96 Å². The Balaban J connectivity index is 0.00000484. The number of benzene rings is 1. The number of nitrogens with one attached hydrogen (secondary N) is 1. The van der Waals surface area contributed by atoms with Crippen molar-refractivity contribution in [2.45, 2.75) is 26.3 Å². The SMILES string of the molecule is CC(C)N(C)CCN=C(N)Nc1ccc(OC(F)(F)F)cc1.I. The number of hydrogen-bond acceptors (Lipinski definition) is 3. The van der Waals surface area contributed by atoms with Gasteiger partial charge in [0.2, 0.25) is 0 Å². The number of guanidine groups is 1. The van der Waals surface area contributed by atoms with Gasteiger partial charge in [0.25, 0.3) is 0 Å². The predicted octanol–water partition coefficient (Wildman–Crippen LogP) is 3.27. The van der Waals surface area contributed by atoms with Gasteiger partial charge in [-0.05, 0) is 45.2 Å². The van der Waals surface area contributed by atoms with Crippen molar-refractivity contribution in [3.8, 4) is 5.75 Å². The number of nitrogens with zero attached hydrogens (tertiary/aromatic N) is 2. The maximum absolute atomic E-state index is 12.0. The van der Waals surface area contributed by atoms with Crippen molar-refractivity contribution in [2.24, 2.45) is 10.7 Å². The molecule has 0 aromatic heterocycles. The van der Waals surface area contributed by atoms with E-state index in [4.69, 9.17) is 5.73 Å². The summed E-state index contributed by atoms with van der Waals surface area (Å²) in [4.78, 5) is 6.28. The first kappa shape index (κ1) is 21.8. The Hall–Kier alpha value is -1.23. The Bertz CT molecular complexity index is 492. The Labute approximate surface area is 151 Å². The molecule has 0 aliphatic rings. The molecule has 0 bridgehead atoms. The molecule has 0 aliphatic heterocycles. The van der Waals surface area contributed by atoms with Crippen LogP contribution in [0.25, 0.3) is 0 Å². The van der Waals surface area contributed by atoms with E-state index in [9.17, 15) is 13.2 Å². The summed E-state index contributed by atoms with van der Waals surface area (Å²) in [6.07, 6.45) is -4.70. The molecule has 1 rings (SSSR count). The van der Waals surface area contributed by atoms with Crippen LogP contribution in [-0.4, -0.2) is 43.4 Å². The number of rotatable bonds is 6. The third-order valence-electron chi connectivity index (χ3n) is 2.98. The molecule has 0 saturated carbocycles. The van der Waals surface area contributed by atoms with Crippen molar-refractivity contribution in [1.29, 1.82) is 0 Å². The first-order valence-corrected chi connectivity index (χ1v) is 6.80. The molecule has 0 aliphatic carbocycles. The molecular weight excluding hydrogens is 424 g/mol. The highest BCUT2D eigenvalue weighted by Crippen LogP contribution is 2.23. The van der Waals surface area contributed by atoms with Crippen LogP contribution in [0.1, 0.15) is 13.8 Å². The third kappa shape index (κ3) is 9.49. The number of anilines is 1. The molecule has 0 spiro atoms. The zero-order valence-electron chi connectivity index (χ0n) is 13.2. The number of aliphatic imine (C=N–C) groups is 1. The van der Waals surface area contributed by atoms with Crippen LogP contribution in [0.4, 0.5) is 18.9 Å². The van der Waals surface area contributed by atoms with E-state index in [1.54, 1.807) is 0 Å². The van der Waals surface area contributed by atoms with Crippen molar-refractivity contribution < 1.29 is 17.9 Å². The van der Waals surface area contributed by atoms with E-state index in [1.807, 2.05) is 7.05 Å². The van der Waals surface area contributed by atoms with Crippen molar-refractivity contribution in [3.05, 3.63) is 24.3 Å². The molecule has 0 fully saturated rings. The fraction of sp³-hybridized carbons (Fsp3) is 0.500. The molecule has 132 valence electrons. The highest BCUT2D eigenvalue weighted by Gasteiger charge is 2.30. The summed E-state index contributed by atoms with van der Waals surface area (Å²) in [7, 11) is 1.99. The quantitative estimate of drug-likeness (QED) is 0.400. The lowest BCUT2D eigenvalue weighted by molar-refractivity contribution is -0.274. The summed E-state index contributed by atoms with van der Waals surface area (Å²) < 4.78 is 39.9. The van der Waals surface area contributed by atoms with Crippen molar-refractivity contribution in [1.82, 2.24) is 4.90 Å². The molecule has 0 unspecified atom stereocenters. The van der Waals surface area contributed by atoms with Crippen molar-refractivity contribution in [2.75, 3.05) is 25.5 Å². The minimum Gasteiger partial charge on any atom is -0.406 e. The van der Waals surface area contributed by atoms with E-state index in [0.717, 1.165) is 6.54 Å². The van der Waals surface area contributed by atoms with Crippen molar-refractivity contribution >= 4 is 35.6 Å². The minimum absolute atomic E-state index is 0. The smallest absolute Gasteiger partial charge is 0.406 e. The Kier molecular flexibility index (Phi) is 9.28. The van der Waals surface area contributed by atoms with E-state index < -0.39 is 6.36 Å². The van der Waals surface area contributed by atoms with Crippen LogP contribution in [0, 0.1) is 0 Å². The summed E-state index contributed by atoms with van der Waals surface area (Å²) in [5, 5.41) is 2.81. The van der Waals surface area contributed by atoms with Gasteiger partial charge in [-0.15, -0.1) is 37.1 Å². The number of likely N-dealkylation sites (N-methyl/N-ethyl adjacent to an activating group) is 1. The third-order valence-corrected chi connectivity index (χ3v) is 2.98. The lowest BCUT2D eigenvalue weighted by atomic mass is 10.3. The summed E-state index contributed by atoms with van der Waals surface area (Å²) in [6, 6.07) is 5.70. The van der Waals surface area contributed by atoms with Crippen LogP contribution in [0.5, 0.6) is 5.75 Å². The lowest BCUT2D eigenvalue weighted by Gasteiger charge is -2.19. The summed E-state index contributed by atoms with van der Waals surface area (Å²) in [5.74, 6) is -0.0752. The summed E-state index contributed by atoms with van der Waals surface area (Å²) in [5.41, 5.74) is 6.25. The highest BCUT2D eigenvalue weighted by atomic mass is 127. The van der Waals surface area contributed by atoms with Gasteiger partial charge in [-0.25, -0.2) is 0 Å². The van der Waals surface area contributed by atoms with E-state index in [0.29, 0.717) is 18.3 Å². The largest absolute Gasteiger partial charge is 0.573 e. The molecule has 0 atom stereocenters. The lowest BCUT2D eigenvalue weighted by Crippen LogP contribution is -2.30. The summed E-state index contributed by atoms with van der Waals surface area (Å²) in [6.45, 7) is 5.45. The molecular formula is C14H22F3IN4O. The maximum atomic E-state index is 12.0. The number of nitrogens with two attached hydrogens (primary N) is 1. The molecule has 0 heterocycles. The minimum atomic E-state index is -4.70. The van der Waals surface area contributed by atoms with Crippen LogP contribution < -0.4 is 15.8 Å². The number of hydrogen-bond donors (Lipinski definition) is 2. The molecule has 0 saturated heterocycles. The average molecular weight is 446 g/mol. The highest BCUT2D eigenvalue weighted by molar-refractivity contribution is 14.0. The fourth-order valence-electron chi connectivity index (χ4n) is 1.51. The van der Waals surface area contributed by atoms with E-state index in [1.165, 1.54) is 24.3 Å². The standard InChI is InChI=1S/C14H21F3N4O.HI/c1-10(2)21(3)9-8-19-13(18)20-11-4-6-12(7-5-11)22-14(15,16)17;/h4-7,10H,8-9H2,1-3H3,(H3,18,19,20);1H. The zero-order chi connectivity index (χ0) is 16.8.